The second-order valence-corrected chi connectivity index (χ2v) is 9.29. The fourth-order valence-electron chi connectivity index (χ4n) is 5.23. The fraction of sp³-hybridized carbons (Fsp3) is 0.200. The van der Waals surface area contributed by atoms with Crippen molar-refractivity contribution in [2.24, 2.45) is 7.05 Å². The molecule has 0 saturated carbocycles. The van der Waals surface area contributed by atoms with Gasteiger partial charge in [-0.1, -0.05) is 54.6 Å². The highest BCUT2D eigenvalue weighted by molar-refractivity contribution is 5.98. The summed E-state index contributed by atoms with van der Waals surface area (Å²) in [5.74, 6) is 0.751. The van der Waals surface area contributed by atoms with Crippen LogP contribution < -0.4 is 10.3 Å². The summed E-state index contributed by atoms with van der Waals surface area (Å²) in [5.41, 5.74) is 4.07. The van der Waals surface area contributed by atoms with Gasteiger partial charge in [-0.3, -0.25) is 14.3 Å². The lowest BCUT2D eigenvalue weighted by molar-refractivity contribution is 0.0719. The monoisotopic (exact) mass is 492 g/mol. The Morgan fingerprint density at radius 3 is 2.38 bits per heavy atom. The van der Waals surface area contributed by atoms with Gasteiger partial charge in [-0.25, -0.2) is 4.68 Å². The van der Waals surface area contributed by atoms with Crippen molar-refractivity contribution >= 4 is 16.8 Å². The van der Waals surface area contributed by atoms with E-state index < -0.39 is 0 Å². The van der Waals surface area contributed by atoms with Gasteiger partial charge in [0, 0.05) is 30.1 Å². The molecule has 0 radical (unpaired) electrons. The van der Waals surface area contributed by atoms with E-state index in [0.717, 1.165) is 33.6 Å². The Labute approximate surface area is 214 Å². The predicted molar refractivity (Wildman–Crippen MR) is 143 cm³/mol. The van der Waals surface area contributed by atoms with Crippen molar-refractivity contribution in [3.05, 3.63) is 118 Å². The van der Waals surface area contributed by atoms with Gasteiger partial charge in [0.15, 0.2) is 0 Å². The van der Waals surface area contributed by atoms with Gasteiger partial charge >= 0.3 is 0 Å². The maximum atomic E-state index is 13.7. The first-order valence-corrected chi connectivity index (χ1v) is 12.5. The minimum atomic E-state index is -0.0312. The molecule has 0 N–H and O–H groups in total. The first-order chi connectivity index (χ1) is 18.1. The van der Waals surface area contributed by atoms with E-state index in [1.165, 1.54) is 0 Å². The smallest absolute Gasteiger partial charge is 0.274 e. The third kappa shape index (κ3) is 4.12. The van der Waals surface area contributed by atoms with Gasteiger partial charge in [-0.15, -0.1) is 0 Å². The largest absolute Gasteiger partial charge is 0.492 e. The van der Waals surface area contributed by atoms with E-state index in [2.05, 4.69) is 0 Å². The third-order valence-electron chi connectivity index (χ3n) is 7.10. The molecule has 186 valence electrons. The lowest BCUT2D eigenvalue weighted by atomic mass is 10.1. The molecular formula is C30H28N4O3. The number of aryl methyl sites for hydroxylation is 1. The molecule has 0 aliphatic carbocycles. The first-order valence-electron chi connectivity index (χ1n) is 12.5. The standard InChI is InChI=1S/C30H28N4O3/c1-31-26-15-9-8-10-22(26)20-27(31)30(36)32-17-16-25-28(21-32)33(18-19-37-24-13-6-3-7-14-24)34(29(25)35)23-11-4-2-5-12-23/h2-15,20H,16-19,21H2,1H3. The highest BCUT2D eigenvalue weighted by Gasteiger charge is 2.30. The molecule has 3 heterocycles. The first kappa shape index (κ1) is 22.9. The zero-order valence-electron chi connectivity index (χ0n) is 20.7. The van der Waals surface area contributed by atoms with Crippen molar-refractivity contribution in [1.82, 2.24) is 18.8 Å². The molecule has 7 heteroatoms. The number of hydrogen-bond acceptors (Lipinski definition) is 3. The average Bonchev–Trinajstić information content (AvgIpc) is 3.43. The van der Waals surface area contributed by atoms with Crippen LogP contribution in [0.4, 0.5) is 0 Å². The minimum Gasteiger partial charge on any atom is -0.492 e. The summed E-state index contributed by atoms with van der Waals surface area (Å²) in [6.45, 7) is 1.75. The summed E-state index contributed by atoms with van der Waals surface area (Å²) in [6, 6.07) is 29.2. The fourth-order valence-corrected chi connectivity index (χ4v) is 5.23. The Balaban J connectivity index is 1.34. The number of benzene rings is 3. The van der Waals surface area contributed by atoms with E-state index in [1.807, 2.05) is 112 Å². The van der Waals surface area contributed by atoms with E-state index in [1.54, 1.807) is 4.68 Å². The summed E-state index contributed by atoms with van der Waals surface area (Å²) in [6.07, 6.45) is 0.517. The van der Waals surface area contributed by atoms with Gasteiger partial charge in [0.25, 0.3) is 11.5 Å². The number of para-hydroxylation sites is 3. The van der Waals surface area contributed by atoms with E-state index in [-0.39, 0.29) is 11.5 Å². The van der Waals surface area contributed by atoms with Crippen LogP contribution in [0.2, 0.25) is 0 Å². The van der Waals surface area contributed by atoms with Crippen LogP contribution in [0, 0.1) is 0 Å². The number of carbonyl (C=O) groups excluding carboxylic acids is 1. The van der Waals surface area contributed by atoms with Crippen LogP contribution in [0.3, 0.4) is 0 Å². The summed E-state index contributed by atoms with van der Waals surface area (Å²) in [5, 5.41) is 1.04. The minimum absolute atomic E-state index is 0.0300. The number of rotatable bonds is 6. The predicted octanol–water partition coefficient (Wildman–Crippen LogP) is 4.41. The van der Waals surface area contributed by atoms with E-state index in [4.69, 9.17) is 4.74 Å². The molecule has 0 unspecified atom stereocenters. The van der Waals surface area contributed by atoms with E-state index in [9.17, 15) is 9.59 Å². The second kappa shape index (κ2) is 9.50. The molecule has 5 aromatic rings. The maximum Gasteiger partial charge on any atom is 0.274 e. The third-order valence-corrected chi connectivity index (χ3v) is 7.10. The normalized spacial score (nSPS) is 13.1. The van der Waals surface area contributed by atoms with Gasteiger partial charge < -0.3 is 14.2 Å². The van der Waals surface area contributed by atoms with Gasteiger partial charge in [0.05, 0.1) is 24.5 Å². The molecule has 37 heavy (non-hydrogen) atoms. The molecule has 0 bridgehead atoms. The van der Waals surface area contributed by atoms with Crippen molar-refractivity contribution in [2.45, 2.75) is 19.5 Å². The van der Waals surface area contributed by atoms with Crippen molar-refractivity contribution in [1.29, 1.82) is 0 Å². The maximum absolute atomic E-state index is 13.7. The molecular weight excluding hydrogens is 464 g/mol. The van der Waals surface area contributed by atoms with Crippen LogP contribution >= 0.6 is 0 Å². The molecule has 0 spiro atoms. The van der Waals surface area contributed by atoms with Crippen LogP contribution in [-0.4, -0.2) is 37.9 Å². The Bertz CT molecular complexity index is 1630. The van der Waals surface area contributed by atoms with Gasteiger partial charge in [-0.2, -0.15) is 0 Å². The molecule has 0 fully saturated rings. The molecule has 0 saturated heterocycles. The van der Waals surface area contributed by atoms with Gasteiger partial charge in [0.2, 0.25) is 0 Å². The lowest BCUT2D eigenvalue weighted by Crippen LogP contribution is -2.38. The molecule has 7 nitrogen and oxygen atoms in total. The molecule has 6 rings (SSSR count). The summed E-state index contributed by atoms with van der Waals surface area (Å²) < 4.78 is 11.6. The molecule has 1 aliphatic rings. The number of hydrogen-bond donors (Lipinski definition) is 0. The molecule has 2 aromatic heterocycles. The average molecular weight is 493 g/mol. The Morgan fingerprint density at radius 1 is 0.919 bits per heavy atom. The van der Waals surface area contributed by atoms with Crippen LogP contribution in [0.25, 0.3) is 16.6 Å². The number of fused-ring (bicyclic) bond motifs is 2. The molecule has 1 amide bonds. The summed E-state index contributed by atoms with van der Waals surface area (Å²) in [4.78, 5) is 29.1. The number of nitrogens with zero attached hydrogens (tertiary/aromatic N) is 4. The van der Waals surface area contributed by atoms with E-state index in [0.29, 0.717) is 38.4 Å². The van der Waals surface area contributed by atoms with Crippen LogP contribution in [-0.2, 0) is 26.6 Å². The van der Waals surface area contributed by atoms with Gasteiger partial charge in [-0.05, 0) is 42.8 Å². The zero-order valence-corrected chi connectivity index (χ0v) is 20.7. The molecule has 3 aromatic carbocycles. The second-order valence-electron chi connectivity index (χ2n) is 9.29. The lowest BCUT2D eigenvalue weighted by Gasteiger charge is -2.28. The summed E-state index contributed by atoms with van der Waals surface area (Å²) in [7, 11) is 1.92. The Kier molecular flexibility index (Phi) is 5.88. The van der Waals surface area contributed by atoms with Gasteiger partial charge in [0.1, 0.15) is 18.1 Å². The van der Waals surface area contributed by atoms with Crippen LogP contribution in [0.15, 0.2) is 95.8 Å². The van der Waals surface area contributed by atoms with Crippen LogP contribution in [0.1, 0.15) is 21.7 Å². The van der Waals surface area contributed by atoms with Crippen LogP contribution in [0.5, 0.6) is 5.75 Å². The summed E-state index contributed by atoms with van der Waals surface area (Å²) >= 11 is 0. The quantitative estimate of drug-likeness (QED) is 0.353. The van der Waals surface area contributed by atoms with Crippen molar-refractivity contribution in [3.8, 4) is 11.4 Å². The number of aromatic nitrogens is 3. The Morgan fingerprint density at radius 2 is 1.62 bits per heavy atom. The Hall–Kier alpha value is -4.52. The van der Waals surface area contributed by atoms with Crippen molar-refractivity contribution < 1.29 is 9.53 Å². The highest BCUT2D eigenvalue weighted by atomic mass is 16.5. The van der Waals surface area contributed by atoms with Crippen molar-refractivity contribution in [2.75, 3.05) is 13.2 Å². The SMILES string of the molecule is Cn1c(C(=O)N2CCc3c(n(CCOc4ccccc4)n(-c4ccccc4)c3=O)C2)cc2ccccc21. The topological polar surface area (TPSA) is 61.4 Å². The van der Waals surface area contributed by atoms with Crippen molar-refractivity contribution in [3.63, 3.8) is 0 Å². The van der Waals surface area contributed by atoms with E-state index >= 15 is 0 Å². The highest BCUT2D eigenvalue weighted by Crippen LogP contribution is 2.24. The molecule has 1 aliphatic heterocycles. The number of carbonyl (C=O) groups is 1. The zero-order chi connectivity index (χ0) is 25.4. The number of ether oxygens (including phenoxy) is 1. The number of amides is 1. The molecule has 0 atom stereocenters.